The van der Waals surface area contributed by atoms with Crippen molar-refractivity contribution in [2.75, 3.05) is 0 Å². The zero-order valence-electron chi connectivity index (χ0n) is 13.2. The fourth-order valence-corrected chi connectivity index (χ4v) is 2.49. The largest absolute Gasteiger partial charge is 0.294 e. The first-order valence-electron chi connectivity index (χ1n) is 8.19. The average Bonchev–Trinajstić information content (AvgIpc) is 2.46. The van der Waals surface area contributed by atoms with Crippen molar-refractivity contribution >= 4 is 5.78 Å². The summed E-state index contributed by atoms with van der Waals surface area (Å²) in [7, 11) is 0. The minimum absolute atomic E-state index is 0.249. The third kappa shape index (κ3) is 6.83. The van der Waals surface area contributed by atoms with Gasteiger partial charge in [0.2, 0.25) is 0 Å². The minimum Gasteiger partial charge on any atom is -0.294 e. The summed E-state index contributed by atoms with van der Waals surface area (Å²) in [5.41, 5.74) is 1.84. The van der Waals surface area contributed by atoms with Gasteiger partial charge in [0.1, 0.15) is 0 Å². The minimum atomic E-state index is 0.249. The van der Waals surface area contributed by atoms with Gasteiger partial charge in [0, 0.05) is 24.4 Å². The van der Waals surface area contributed by atoms with Crippen LogP contribution in [0.25, 0.3) is 0 Å². The normalized spacial score (nSPS) is 10.7. The van der Waals surface area contributed by atoms with Crippen molar-refractivity contribution in [2.45, 2.75) is 78.1 Å². The zero-order chi connectivity index (χ0) is 14.6. The van der Waals surface area contributed by atoms with Gasteiger partial charge in [-0.25, -0.2) is 0 Å². The molecule has 0 unspecified atom stereocenters. The molecule has 112 valence electrons. The van der Waals surface area contributed by atoms with Crippen molar-refractivity contribution in [3.8, 4) is 0 Å². The Morgan fingerprint density at radius 3 is 2.20 bits per heavy atom. The van der Waals surface area contributed by atoms with Gasteiger partial charge in [-0.1, -0.05) is 58.3 Å². The van der Waals surface area contributed by atoms with Gasteiger partial charge in [0.15, 0.2) is 5.78 Å². The third-order valence-corrected chi connectivity index (χ3v) is 3.85. The van der Waals surface area contributed by atoms with E-state index in [9.17, 15) is 4.79 Å². The van der Waals surface area contributed by atoms with Crippen molar-refractivity contribution < 1.29 is 4.79 Å². The highest BCUT2D eigenvalue weighted by Crippen LogP contribution is 2.13. The molecular formula is C18H29NO. The van der Waals surface area contributed by atoms with Crippen LogP contribution in [0.5, 0.6) is 0 Å². The second-order valence-electron chi connectivity index (χ2n) is 5.69. The first kappa shape index (κ1) is 16.9. The molecule has 0 bridgehead atoms. The third-order valence-electron chi connectivity index (χ3n) is 3.85. The monoisotopic (exact) mass is 275 g/mol. The molecule has 0 spiro atoms. The average molecular weight is 275 g/mol. The number of carbonyl (C=O) groups excluding carboxylic acids is 1. The van der Waals surface area contributed by atoms with E-state index in [2.05, 4.69) is 11.9 Å². The molecule has 20 heavy (non-hydrogen) atoms. The number of aryl methyl sites for hydroxylation is 1. The summed E-state index contributed by atoms with van der Waals surface area (Å²) in [4.78, 5) is 16.1. The molecule has 1 heterocycles. The maximum atomic E-state index is 12.0. The Labute approximate surface area is 124 Å². The van der Waals surface area contributed by atoms with Gasteiger partial charge in [-0.15, -0.1) is 0 Å². The molecule has 0 amide bonds. The number of pyridine rings is 1. The van der Waals surface area contributed by atoms with Gasteiger partial charge >= 0.3 is 0 Å². The summed E-state index contributed by atoms with van der Waals surface area (Å²) >= 11 is 0. The molecule has 1 aromatic rings. The van der Waals surface area contributed by atoms with Crippen LogP contribution in [-0.4, -0.2) is 10.8 Å². The molecule has 0 aromatic carbocycles. The topological polar surface area (TPSA) is 30.0 Å². The smallest absolute Gasteiger partial charge is 0.164 e. The van der Waals surface area contributed by atoms with Gasteiger partial charge in [0.05, 0.1) is 0 Å². The fraction of sp³-hybridized carbons (Fsp3) is 0.667. The number of hydrogen-bond acceptors (Lipinski definition) is 2. The van der Waals surface area contributed by atoms with E-state index in [1.165, 1.54) is 51.4 Å². The van der Waals surface area contributed by atoms with E-state index in [4.69, 9.17) is 0 Å². The van der Waals surface area contributed by atoms with Crippen molar-refractivity contribution in [1.29, 1.82) is 0 Å². The summed E-state index contributed by atoms with van der Waals surface area (Å²) in [5.74, 6) is 0.249. The maximum Gasteiger partial charge on any atom is 0.164 e. The van der Waals surface area contributed by atoms with Gasteiger partial charge in [-0.05, 0) is 25.0 Å². The zero-order valence-corrected chi connectivity index (χ0v) is 13.2. The molecule has 2 heteroatoms. The first-order valence-corrected chi connectivity index (χ1v) is 8.19. The maximum absolute atomic E-state index is 12.0. The fourth-order valence-electron chi connectivity index (χ4n) is 2.49. The second-order valence-corrected chi connectivity index (χ2v) is 5.69. The van der Waals surface area contributed by atoms with E-state index in [-0.39, 0.29) is 5.78 Å². The molecule has 0 aliphatic heterocycles. The van der Waals surface area contributed by atoms with Crippen LogP contribution >= 0.6 is 0 Å². The number of unbranched alkanes of at least 4 members (excludes halogenated alkanes) is 8. The summed E-state index contributed by atoms with van der Waals surface area (Å²) < 4.78 is 0. The second kappa shape index (κ2) is 10.6. The van der Waals surface area contributed by atoms with Crippen LogP contribution in [0.2, 0.25) is 0 Å². The number of ketones is 1. The Morgan fingerprint density at radius 1 is 1.00 bits per heavy atom. The molecule has 0 aliphatic rings. The van der Waals surface area contributed by atoms with Crippen molar-refractivity contribution in [3.05, 3.63) is 29.6 Å². The van der Waals surface area contributed by atoms with Gasteiger partial charge in [0.25, 0.3) is 0 Å². The van der Waals surface area contributed by atoms with E-state index in [1.807, 2.05) is 13.0 Å². The van der Waals surface area contributed by atoms with Crippen LogP contribution in [0.3, 0.4) is 0 Å². The standard InChI is InChI=1S/C18H29NO/c1-3-4-5-6-7-8-9-10-11-12-18(20)17-15-19-14-13-16(17)2/h13-15H,3-12H2,1-2H3. The van der Waals surface area contributed by atoms with Crippen molar-refractivity contribution in [3.63, 3.8) is 0 Å². The van der Waals surface area contributed by atoms with Crippen LogP contribution in [0.1, 0.15) is 87.1 Å². The van der Waals surface area contributed by atoms with E-state index >= 15 is 0 Å². The van der Waals surface area contributed by atoms with Crippen LogP contribution < -0.4 is 0 Å². The highest BCUT2D eigenvalue weighted by atomic mass is 16.1. The highest BCUT2D eigenvalue weighted by Gasteiger charge is 2.08. The Bertz CT molecular complexity index is 387. The summed E-state index contributed by atoms with van der Waals surface area (Å²) in [5, 5.41) is 0. The molecule has 0 saturated heterocycles. The lowest BCUT2D eigenvalue weighted by Crippen LogP contribution is -2.02. The molecule has 0 saturated carbocycles. The molecule has 0 radical (unpaired) electrons. The van der Waals surface area contributed by atoms with E-state index in [0.29, 0.717) is 6.42 Å². The predicted molar refractivity (Wildman–Crippen MR) is 85.1 cm³/mol. The number of hydrogen-bond donors (Lipinski definition) is 0. The Hall–Kier alpha value is -1.18. The number of nitrogens with zero attached hydrogens (tertiary/aromatic N) is 1. The predicted octanol–water partition coefficient (Wildman–Crippen LogP) is 5.49. The SMILES string of the molecule is CCCCCCCCCCCC(=O)c1cnccc1C. The Balaban J connectivity index is 2.04. The van der Waals surface area contributed by atoms with Crippen LogP contribution in [-0.2, 0) is 0 Å². The number of carbonyl (C=O) groups is 1. The summed E-state index contributed by atoms with van der Waals surface area (Å²) in [6.45, 7) is 4.23. The summed E-state index contributed by atoms with van der Waals surface area (Å²) in [6, 6.07) is 1.91. The number of Topliss-reactive ketones (excluding diaryl/α,β-unsaturated/α-hetero) is 1. The Kier molecular flexibility index (Phi) is 8.93. The molecule has 1 rings (SSSR count). The molecule has 0 fully saturated rings. The van der Waals surface area contributed by atoms with Gasteiger partial charge < -0.3 is 0 Å². The van der Waals surface area contributed by atoms with E-state index in [1.54, 1.807) is 12.4 Å². The quantitative estimate of drug-likeness (QED) is 0.394. The lowest BCUT2D eigenvalue weighted by molar-refractivity contribution is 0.0978. The van der Waals surface area contributed by atoms with Gasteiger partial charge in [-0.3, -0.25) is 9.78 Å². The molecule has 0 aliphatic carbocycles. The lowest BCUT2D eigenvalue weighted by Gasteiger charge is -2.04. The lowest BCUT2D eigenvalue weighted by atomic mass is 10.0. The molecule has 1 aromatic heterocycles. The highest BCUT2D eigenvalue weighted by molar-refractivity contribution is 5.97. The molecule has 0 atom stereocenters. The molecule has 0 N–H and O–H groups in total. The van der Waals surface area contributed by atoms with E-state index < -0.39 is 0 Å². The Morgan fingerprint density at radius 2 is 1.60 bits per heavy atom. The van der Waals surface area contributed by atoms with E-state index in [0.717, 1.165) is 17.5 Å². The first-order chi connectivity index (χ1) is 9.75. The van der Waals surface area contributed by atoms with Gasteiger partial charge in [-0.2, -0.15) is 0 Å². The van der Waals surface area contributed by atoms with Crippen LogP contribution in [0.15, 0.2) is 18.5 Å². The van der Waals surface area contributed by atoms with Crippen LogP contribution in [0, 0.1) is 6.92 Å². The number of rotatable bonds is 11. The van der Waals surface area contributed by atoms with Crippen molar-refractivity contribution in [2.24, 2.45) is 0 Å². The van der Waals surface area contributed by atoms with Crippen molar-refractivity contribution in [1.82, 2.24) is 4.98 Å². The number of aromatic nitrogens is 1. The molecule has 2 nitrogen and oxygen atoms in total. The van der Waals surface area contributed by atoms with Crippen LogP contribution in [0.4, 0.5) is 0 Å². The summed E-state index contributed by atoms with van der Waals surface area (Å²) in [6.07, 6.45) is 15.7. The molecular weight excluding hydrogens is 246 g/mol.